The van der Waals surface area contributed by atoms with Crippen LogP contribution in [-0.2, 0) is 13.6 Å². The Bertz CT molecular complexity index is 679. The van der Waals surface area contributed by atoms with E-state index in [1.807, 2.05) is 11.0 Å². The number of hydrogen-bond donors (Lipinski definition) is 0. The largest absolute Gasteiger partial charge is 0.479 e. The second kappa shape index (κ2) is 5.96. The van der Waals surface area contributed by atoms with Gasteiger partial charge in [0.2, 0.25) is 5.88 Å². The fraction of sp³-hybridized carbons (Fsp3) is 0.400. The van der Waals surface area contributed by atoms with Crippen molar-refractivity contribution in [2.24, 2.45) is 7.05 Å². The van der Waals surface area contributed by atoms with E-state index < -0.39 is 0 Å². The molecule has 6 nitrogen and oxygen atoms in total. The number of nitrogens with zero attached hydrogens (tertiary/aromatic N) is 4. The summed E-state index contributed by atoms with van der Waals surface area (Å²) in [4.78, 5) is 18.8. The molecule has 1 saturated carbocycles. The Morgan fingerprint density at radius 1 is 1.50 bits per heavy atom. The Labute approximate surface area is 133 Å². The maximum Gasteiger partial charge on any atom is 0.261 e. The average molecular weight is 321 g/mol. The van der Waals surface area contributed by atoms with Gasteiger partial charge in [-0.05, 0) is 24.5 Å². The van der Waals surface area contributed by atoms with Crippen molar-refractivity contribution in [3.8, 4) is 5.88 Å². The van der Waals surface area contributed by atoms with Crippen molar-refractivity contribution in [1.29, 1.82) is 0 Å². The van der Waals surface area contributed by atoms with E-state index in [9.17, 15) is 4.79 Å². The molecule has 1 amide bonds. The summed E-state index contributed by atoms with van der Waals surface area (Å²) in [5.74, 6) is 0.287. The first kappa shape index (κ1) is 14.8. The Morgan fingerprint density at radius 2 is 2.27 bits per heavy atom. The van der Waals surface area contributed by atoms with Crippen molar-refractivity contribution in [3.05, 3.63) is 40.8 Å². The van der Waals surface area contributed by atoms with Crippen molar-refractivity contribution < 1.29 is 9.53 Å². The molecule has 3 rings (SSSR count). The normalized spacial score (nSPS) is 14.0. The molecule has 0 radical (unpaired) electrons. The number of hydrogen-bond acceptors (Lipinski definition) is 4. The van der Waals surface area contributed by atoms with E-state index in [4.69, 9.17) is 16.3 Å². The molecule has 0 spiro atoms. The van der Waals surface area contributed by atoms with Crippen molar-refractivity contribution in [3.63, 3.8) is 0 Å². The molecule has 0 bridgehead atoms. The molecule has 2 heterocycles. The van der Waals surface area contributed by atoms with Crippen LogP contribution in [0.15, 0.2) is 24.5 Å². The standard InChI is InChI=1S/C15H17ClN4O2/c1-19-9-12(14(18-19)22-2)15(21)20(11-4-5-11)8-10-3-6-13(16)17-7-10/h3,6-7,9,11H,4-5,8H2,1-2H3. The first-order valence-corrected chi connectivity index (χ1v) is 7.45. The average Bonchev–Trinajstić information content (AvgIpc) is 3.28. The zero-order valence-corrected chi connectivity index (χ0v) is 13.2. The van der Waals surface area contributed by atoms with E-state index in [1.165, 1.54) is 7.11 Å². The summed E-state index contributed by atoms with van der Waals surface area (Å²) < 4.78 is 6.78. The number of carbonyl (C=O) groups is 1. The Balaban J connectivity index is 1.84. The lowest BCUT2D eigenvalue weighted by Crippen LogP contribution is -2.32. The number of amides is 1. The van der Waals surface area contributed by atoms with Crippen LogP contribution in [-0.4, -0.2) is 38.7 Å². The summed E-state index contributed by atoms with van der Waals surface area (Å²) >= 11 is 5.80. The second-order valence-electron chi connectivity index (χ2n) is 5.38. The topological polar surface area (TPSA) is 60.3 Å². The molecular weight excluding hydrogens is 304 g/mol. The van der Waals surface area contributed by atoms with Crippen LogP contribution in [0.4, 0.5) is 0 Å². The molecule has 0 unspecified atom stereocenters. The molecule has 1 aliphatic rings. The quantitative estimate of drug-likeness (QED) is 0.793. The highest BCUT2D eigenvalue weighted by Gasteiger charge is 2.35. The Kier molecular flexibility index (Phi) is 4.02. The lowest BCUT2D eigenvalue weighted by molar-refractivity contribution is 0.0726. The first-order chi connectivity index (χ1) is 10.6. The Hall–Kier alpha value is -2.08. The third kappa shape index (κ3) is 3.06. The smallest absolute Gasteiger partial charge is 0.261 e. The van der Waals surface area contributed by atoms with Crippen LogP contribution in [0.5, 0.6) is 5.88 Å². The summed E-state index contributed by atoms with van der Waals surface area (Å²) in [5.41, 5.74) is 1.44. The number of methoxy groups -OCH3 is 1. The first-order valence-electron chi connectivity index (χ1n) is 7.07. The molecule has 0 aliphatic heterocycles. The highest BCUT2D eigenvalue weighted by atomic mass is 35.5. The van der Waals surface area contributed by atoms with Crippen molar-refractivity contribution in [1.82, 2.24) is 19.7 Å². The van der Waals surface area contributed by atoms with Crippen LogP contribution in [0.1, 0.15) is 28.8 Å². The molecule has 2 aromatic rings. The van der Waals surface area contributed by atoms with E-state index >= 15 is 0 Å². The molecule has 1 aliphatic carbocycles. The van der Waals surface area contributed by atoms with Gasteiger partial charge in [0.15, 0.2) is 0 Å². The monoisotopic (exact) mass is 320 g/mol. The molecular formula is C15H17ClN4O2. The summed E-state index contributed by atoms with van der Waals surface area (Å²) in [7, 11) is 3.29. The zero-order chi connectivity index (χ0) is 15.7. The van der Waals surface area contributed by atoms with Crippen LogP contribution in [0.3, 0.4) is 0 Å². The number of halogens is 1. The SMILES string of the molecule is COc1nn(C)cc1C(=O)N(Cc1ccc(Cl)nc1)C1CC1. The summed E-state index contributed by atoms with van der Waals surface area (Å²) in [6, 6.07) is 3.89. The number of pyridine rings is 1. The maximum absolute atomic E-state index is 12.8. The molecule has 0 atom stereocenters. The third-order valence-corrected chi connectivity index (χ3v) is 3.83. The molecule has 0 aromatic carbocycles. The summed E-state index contributed by atoms with van der Waals surface area (Å²) in [6.45, 7) is 0.506. The minimum atomic E-state index is -0.0672. The summed E-state index contributed by atoms with van der Waals surface area (Å²) in [6.07, 6.45) is 5.44. The van der Waals surface area contributed by atoms with Gasteiger partial charge in [-0.25, -0.2) is 4.98 Å². The van der Waals surface area contributed by atoms with E-state index in [0.717, 1.165) is 18.4 Å². The van der Waals surface area contributed by atoms with Gasteiger partial charge in [-0.2, -0.15) is 0 Å². The highest BCUT2D eigenvalue weighted by molar-refractivity contribution is 6.29. The number of carbonyl (C=O) groups excluding carboxylic acids is 1. The Morgan fingerprint density at radius 3 is 2.86 bits per heavy atom. The van der Waals surface area contributed by atoms with Crippen molar-refractivity contribution >= 4 is 17.5 Å². The van der Waals surface area contributed by atoms with Gasteiger partial charge in [-0.3, -0.25) is 9.48 Å². The van der Waals surface area contributed by atoms with Gasteiger partial charge in [0.25, 0.3) is 5.91 Å². The molecule has 7 heteroatoms. The van der Waals surface area contributed by atoms with Crippen LogP contribution >= 0.6 is 11.6 Å². The van der Waals surface area contributed by atoms with E-state index in [0.29, 0.717) is 23.1 Å². The van der Waals surface area contributed by atoms with Gasteiger partial charge in [-0.15, -0.1) is 5.10 Å². The van der Waals surface area contributed by atoms with Crippen LogP contribution in [0.25, 0.3) is 0 Å². The fourth-order valence-electron chi connectivity index (χ4n) is 2.37. The highest BCUT2D eigenvalue weighted by Crippen LogP contribution is 2.31. The van der Waals surface area contributed by atoms with Gasteiger partial charge < -0.3 is 9.64 Å². The lowest BCUT2D eigenvalue weighted by atomic mass is 10.2. The van der Waals surface area contributed by atoms with E-state index in [1.54, 1.807) is 30.2 Å². The van der Waals surface area contributed by atoms with E-state index in [-0.39, 0.29) is 11.9 Å². The fourth-order valence-corrected chi connectivity index (χ4v) is 2.48. The van der Waals surface area contributed by atoms with Crippen molar-refractivity contribution in [2.45, 2.75) is 25.4 Å². The molecule has 0 N–H and O–H groups in total. The molecule has 22 heavy (non-hydrogen) atoms. The van der Waals surface area contributed by atoms with Gasteiger partial charge in [0.05, 0.1) is 7.11 Å². The lowest BCUT2D eigenvalue weighted by Gasteiger charge is -2.22. The maximum atomic E-state index is 12.8. The van der Waals surface area contributed by atoms with Gasteiger partial charge >= 0.3 is 0 Å². The van der Waals surface area contributed by atoms with Gasteiger partial charge in [0, 0.05) is 32.0 Å². The molecule has 0 saturated heterocycles. The predicted octanol–water partition coefficient (Wildman–Crippen LogP) is 2.28. The van der Waals surface area contributed by atoms with Crippen LogP contribution in [0, 0.1) is 0 Å². The number of aromatic nitrogens is 3. The van der Waals surface area contributed by atoms with Gasteiger partial charge in [-0.1, -0.05) is 17.7 Å². The van der Waals surface area contributed by atoms with Crippen LogP contribution in [0.2, 0.25) is 5.15 Å². The van der Waals surface area contributed by atoms with E-state index in [2.05, 4.69) is 10.1 Å². The predicted molar refractivity (Wildman–Crippen MR) is 81.9 cm³/mol. The molecule has 2 aromatic heterocycles. The zero-order valence-electron chi connectivity index (χ0n) is 12.5. The summed E-state index contributed by atoms with van der Waals surface area (Å²) in [5, 5.41) is 4.59. The van der Waals surface area contributed by atoms with Crippen molar-refractivity contribution in [2.75, 3.05) is 7.11 Å². The number of aryl methyl sites for hydroxylation is 1. The molecule has 116 valence electrons. The minimum absolute atomic E-state index is 0.0672. The molecule has 1 fully saturated rings. The minimum Gasteiger partial charge on any atom is -0.479 e. The number of rotatable bonds is 5. The third-order valence-electron chi connectivity index (χ3n) is 3.61. The van der Waals surface area contributed by atoms with Crippen LogP contribution < -0.4 is 4.74 Å². The van der Waals surface area contributed by atoms with Gasteiger partial charge in [0.1, 0.15) is 10.7 Å². The number of ether oxygens (including phenoxy) is 1. The second-order valence-corrected chi connectivity index (χ2v) is 5.77.